The number of hydrogen-bond donors (Lipinski definition) is 3. The number of amides is 1. The number of H-pyrrole nitrogens is 1. The van der Waals surface area contributed by atoms with Crippen LogP contribution in [0, 0.1) is 5.92 Å². The smallest absolute Gasteiger partial charge is 0.321 e. The summed E-state index contributed by atoms with van der Waals surface area (Å²) in [5.74, 6) is -0.252. The number of hydrogen-bond acceptors (Lipinski definition) is 8. The van der Waals surface area contributed by atoms with Gasteiger partial charge in [-0.15, -0.1) is 0 Å². The predicted molar refractivity (Wildman–Crippen MR) is 135 cm³/mol. The lowest BCUT2D eigenvalue weighted by Crippen LogP contribution is -2.32. The number of anilines is 2. The molecular weight excluding hydrogens is 476 g/mol. The number of aromatic nitrogens is 4. The number of nitrogens with two attached hydrogens (primary N) is 1. The molecule has 0 atom stereocenters. The molecule has 4 N–H and O–H groups in total. The molecule has 11 heteroatoms. The molecule has 0 spiro atoms. The standard InChI is InChI=1S/C26H30N6O5/c27-23-22-24(31-26(30-23)37-11-9-17-14-28-29-15-17)36-12-10-32(25(22)35)20-7-5-19(6-8-20)18-3-1-16(2-4-18)13-21(33)34/h5-8,14-16,18H,1-4,9-13H2,(H,28,29)(H,33,34)(H2,27,30,31). The van der Waals surface area contributed by atoms with Crippen molar-refractivity contribution in [2.45, 2.75) is 44.4 Å². The van der Waals surface area contributed by atoms with Gasteiger partial charge in [0.05, 0.1) is 19.3 Å². The number of nitrogens with zero attached hydrogens (tertiary/aromatic N) is 4. The Balaban J connectivity index is 1.25. The number of rotatable bonds is 8. The Morgan fingerprint density at radius 2 is 1.97 bits per heavy atom. The van der Waals surface area contributed by atoms with Gasteiger partial charge in [0.1, 0.15) is 18.0 Å². The minimum absolute atomic E-state index is 0.00921. The quantitative estimate of drug-likeness (QED) is 0.417. The summed E-state index contributed by atoms with van der Waals surface area (Å²) in [6.07, 6.45) is 8.15. The molecule has 2 aromatic heterocycles. The maximum Gasteiger partial charge on any atom is 0.321 e. The van der Waals surface area contributed by atoms with Gasteiger partial charge in [-0.3, -0.25) is 14.7 Å². The van der Waals surface area contributed by atoms with Gasteiger partial charge in [-0.1, -0.05) is 12.1 Å². The summed E-state index contributed by atoms with van der Waals surface area (Å²) in [4.78, 5) is 34.5. The van der Waals surface area contributed by atoms with Crippen LogP contribution in [0.4, 0.5) is 11.5 Å². The number of aliphatic carboxylic acids is 1. The van der Waals surface area contributed by atoms with Crippen LogP contribution in [0.1, 0.15) is 59.5 Å². The van der Waals surface area contributed by atoms with Crippen molar-refractivity contribution in [1.29, 1.82) is 0 Å². The SMILES string of the molecule is Nc1nc(OCCc2cn[nH]c2)nc2c1C(=O)N(c1ccc(C3CCC(CC(=O)O)CC3)cc1)CCO2. The molecule has 5 rings (SSSR count). The summed E-state index contributed by atoms with van der Waals surface area (Å²) in [6.45, 7) is 0.912. The van der Waals surface area contributed by atoms with Crippen molar-refractivity contribution >= 4 is 23.4 Å². The number of benzene rings is 1. The average molecular weight is 507 g/mol. The first-order valence-electron chi connectivity index (χ1n) is 12.5. The number of carbonyl (C=O) groups excluding carboxylic acids is 1. The molecule has 37 heavy (non-hydrogen) atoms. The summed E-state index contributed by atoms with van der Waals surface area (Å²) in [7, 11) is 0. The number of fused-ring (bicyclic) bond motifs is 1. The second-order valence-electron chi connectivity index (χ2n) is 9.49. The summed E-state index contributed by atoms with van der Waals surface area (Å²) in [5.41, 5.74) is 9.22. The van der Waals surface area contributed by atoms with E-state index in [0.717, 1.165) is 36.9 Å². The molecule has 3 heterocycles. The highest BCUT2D eigenvalue weighted by Gasteiger charge is 2.30. The van der Waals surface area contributed by atoms with Crippen LogP contribution in [0.25, 0.3) is 0 Å². The Morgan fingerprint density at radius 3 is 2.68 bits per heavy atom. The van der Waals surface area contributed by atoms with Crippen LogP contribution in [0.2, 0.25) is 0 Å². The minimum atomic E-state index is -0.722. The molecule has 0 bridgehead atoms. The van der Waals surface area contributed by atoms with Gasteiger partial charge in [-0.25, -0.2) is 0 Å². The van der Waals surface area contributed by atoms with Crippen LogP contribution in [0.5, 0.6) is 11.9 Å². The van der Waals surface area contributed by atoms with Gasteiger partial charge >= 0.3 is 12.0 Å². The Hall–Kier alpha value is -4.15. The van der Waals surface area contributed by atoms with Crippen molar-refractivity contribution in [3.63, 3.8) is 0 Å². The zero-order valence-electron chi connectivity index (χ0n) is 20.4. The fourth-order valence-electron chi connectivity index (χ4n) is 5.07. The third kappa shape index (κ3) is 5.65. The maximum atomic E-state index is 13.4. The van der Waals surface area contributed by atoms with Crippen molar-refractivity contribution in [3.05, 3.63) is 53.3 Å². The Bertz CT molecular complexity index is 1240. The molecular formula is C26H30N6O5. The van der Waals surface area contributed by atoms with Gasteiger partial charge in [0.2, 0.25) is 5.88 Å². The van der Waals surface area contributed by atoms with Gasteiger partial charge in [0.15, 0.2) is 0 Å². The van der Waals surface area contributed by atoms with Crippen LogP contribution in [0.15, 0.2) is 36.7 Å². The van der Waals surface area contributed by atoms with Crippen LogP contribution in [-0.4, -0.2) is 56.9 Å². The van der Waals surface area contributed by atoms with Crippen LogP contribution in [-0.2, 0) is 11.2 Å². The van der Waals surface area contributed by atoms with E-state index in [1.165, 1.54) is 5.56 Å². The minimum Gasteiger partial charge on any atom is -0.481 e. The van der Waals surface area contributed by atoms with Crippen LogP contribution < -0.4 is 20.1 Å². The molecule has 1 saturated carbocycles. The molecule has 194 valence electrons. The number of ether oxygens (including phenoxy) is 2. The summed E-state index contributed by atoms with van der Waals surface area (Å²) in [5, 5.41) is 15.7. The summed E-state index contributed by atoms with van der Waals surface area (Å²) < 4.78 is 11.4. The van der Waals surface area contributed by atoms with Crippen molar-refractivity contribution < 1.29 is 24.2 Å². The normalized spacial score (nSPS) is 19.6. The van der Waals surface area contributed by atoms with Gasteiger partial charge in [-0.05, 0) is 60.8 Å². The summed E-state index contributed by atoms with van der Waals surface area (Å²) in [6, 6.07) is 8.03. The van der Waals surface area contributed by atoms with E-state index in [1.54, 1.807) is 17.3 Å². The second-order valence-corrected chi connectivity index (χ2v) is 9.49. The summed E-state index contributed by atoms with van der Waals surface area (Å²) >= 11 is 0. The lowest BCUT2D eigenvalue weighted by Gasteiger charge is -2.28. The average Bonchev–Trinajstić information content (AvgIpc) is 3.34. The van der Waals surface area contributed by atoms with Crippen molar-refractivity contribution in [1.82, 2.24) is 20.2 Å². The van der Waals surface area contributed by atoms with Crippen LogP contribution >= 0.6 is 0 Å². The number of aromatic amines is 1. The van der Waals surface area contributed by atoms with E-state index in [4.69, 9.17) is 20.3 Å². The zero-order valence-corrected chi connectivity index (χ0v) is 20.4. The second kappa shape index (κ2) is 10.9. The van der Waals surface area contributed by atoms with Gasteiger partial charge in [-0.2, -0.15) is 15.1 Å². The molecule has 0 unspecified atom stereocenters. The Labute approximate surface area is 214 Å². The molecule has 2 aliphatic rings. The van der Waals surface area contributed by atoms with Crippen molar-refractivity contribution in [3.8, 4) is 11.9 Å². The highest BCUT2D eigenvalue weighted by Crippen LogP contribution is 2.38. The number of carboxylic acids is 1. The molecule has 0 saturated heterocycles. The fourth-order valence-corrected chi connectivity index (χ4v) is 5.07. The highest BCUT2D eigenvalue weighted by molar-refractivity contribution is 6.10. The number of nitrogen functional groups attached to an aromatic ring is 1. The molecule has 1 aliphatic heterocycles. The number of carbonyl (C=O) groups is 2. The van der Waals surface area contributed by atoms with Crippen molar-refractivity contribution in [2.24, 2.45) is 5.92 Å². The Kier molecular flexibility index (Phi) is 7.20. The van der Waals surface area contributed by atoms with E-state index in [2.05, 4.69) is 20.2 Å². The first-order valence-corrected chi connectivity index (χ1v) is 12.5. The van der Waals surface area contributed by atoms with Gasteiger partial charge < -0.3 is 25.2 Å². The fraction of sp³-hybridized carbons (Fsp3) is 0.423. The van der Waals surface area contributed by atoms with Crippen LogP contribution in [0.3, 0.4) is 0 Å². The number of nitrogens with one attached hydrogen (secondary N) is 1. The largest absolute Gasteiger partial charge is 0.481 e. The van der Waals surface area contributed by atoms with E-state index >= 15 is 0 Å². The van der Waals surface area contributed by atoms with Gasteiger partial charge in [0.25, 0.3) is 5.91 Å². The van der Waals surface area contributed by atoms with E-state index in [-0.39, 0.29) is 48.1 Å². The molecule has 0 radical (unpaired) electrons. The Morgan fingerprint density at radius 1 is 1.19 bits per heavy atom. The molecule has 1 aliphatic carbocycles. The topological polar surface area (TPSA) is 157 Å². The molecule has 1 fully saturated rings. The van der Waals surface area contributed by atoms with E-state index in [0.29, 0.717) is 25.5 Å². The number of carboxylic acid groups (broad SMARTS) is 1. The first kappa shape index (κ1) is 24.5. The molecule has 3 aromatic rings. The third-order valence-electron chi connectivity index (χ3n) is 7.06. The molecule has 11 nitrogen and oxygen atoms in total. The molecule has 1 aromatic carbocycles. The van der Waals surface area contributed by atoms with E-state index in [9.17, 15) is 9.59 Å². The lowest BCUT2D eigenvalue weighted by atomic mass is 9.77. The molecule has 1 amide bonds. The predicted octanol–water partition coefficient (Wildman–Crippen LogP) is 3.19. The van der Waals surface area contributed by atoms with E-state index < -0.39 is 5.97 Å². The third-order valence-corrected chi connectivity index (χ3v) is 7.06. The first-order chi connectivity index (χ1) is 18.0. The van der Waals surface area contributed by atoms with Gasteiger partial charge in [0, 0.05) is 24.7 Å². The highest BCUT2D eigenvalue weighted by atomic mass is 16.5. The maximum absolute atomic E-state index is 13.4. The lowest BCUT2D eigenvalue weighted by molar-refractivity contribution is -0.138. The van der Waals surface area contributed by atoms with Crippen molar-refractivity contribution in [2.75, 3.05) is 30.4 Å². The zero-order chi connectivity index (χ0) is 25.8. The van der Waals surface area contributed by atoms with E-state index in [1.807, 2.05) is 24.3 Å². The monoisotopic (exact) mass is 506 g/mol.